The van der Waals surface area contributed by atoms with E-state index in [1.807, 2.05) is 89.5 Å². The summed E-state index contributed by atoms with van der Waals surface area (Å²) in [4.78, 5) is 26.9. The molecule has 0 radical (unpaired) electrons. The molecule has 7 nitrogen and oxygen atoms in total. The first-order chi connectivity index (χ1) is 19.1. The molecular weight excluding hydrogens is 502 g/mol. The van der Waals surface area contributed by atoms with Gasteiger partial charge in [-0.1, -0.05) is 6.07 Å². The van der Waals surface area contributed by atoms with Gasteiger partial charge >= 0.3 is 5.97 Å². The number of rotatable bonds is 5. The summed E-state index contributed by atoms with van der Waals surface area (Å²) >= 11 is 0. The van der Waals surface area contributed by atoms with Gasteiger partial charge in [-0.2, -0.15) is 0 Å². The maximum absolute atomic E-state index is 12.8. The van der Waals surface area contributed by atoms with E-state index in [1.54, 1.807) is 6.20 Å². The molecule has 0 saturated carbocycles. The molecule has 6 rings (SSSR count). The highest BCUT2D eigenvalue weighted by Crippen LogP contribution is 2.45. The van der Waals surface area contributed by atoms with Gasteiger partial charge in [-0.3, -0.25) is 9.97 Å². The van der Waals surface area contributed by atoms with Gasteiger partial charge in [0.1, 0.15) is 5.75 Å². The molecule has 0 saturated heterocycles. The van der Waals surface area contributed by atoms with Crippen LogP contribution in [0.3, 0.4) is 0 Å². The van der Waals surface area contributed by atoms with Crippen LogP contribution in [0.15, 0.2) is 61.1 Å². The van der Waals surface area contributed by atoms with Crippen LogP contribution in [0.1, 0.15) is 49.1 Å². The molecule has 1 aliphatic heterocycles. The minimum absolute atomic E-state index is 0.598. The molecule has 0 unspecified atom stereocenters. The molecule has 0 fully saturated rings. The molecule has 7 heteroatoms. The fourth-order valence-corrected chi connectivity index (χ4v) is 5.62. The van der Waals surface area contributed by atoms with Crippen LogP contribution in [0.5, 0.6) is 5.75 Å². The number of hydrogen-bond donors (Lipinski definition) is 1. The zero-order valence-corrected chi connectivity index (χ0v) is 23.3. The lowest BCUT2D eigenvalue weighted by Gasteiger charge is -2.29. The van der Waals surface area contributed by atoms with Gasteiger partial charge in [0.2, 0.25) is 0 Å². The SMILES string of the molecule is Cc1ccncc1-c1ccc2c(-c3ccc4c5c(ccnc35)CCO4)c([C@H](OC(C)(C)C)C(=O)O)c(C)cc2n1. The molecule has 0 bridgehead atoms. The van der Waals surface area contributed by atoms with E-state index in [2.05, 4.69) is 4.98 Å². The van der Waals surface area contributed by atoms with Crippen LogP contribution in [0.25, 0.3) is 44.2 Å². The number of pyridine rings is 3. The van der Waals surface area contributed by atoms with Gasteiger partial charge < -0.3 is 14.6 Å². The number of aliphatic carboxylic acids is 1. The molecule has 4 heterocycles. The van der Waals surface area contributed by atoms with Gasteiger partial charge in [-0.05, 0) is 93.3 Å². The van der Waals surface area contributed by atoms with E-state index >= 15 is 0 Å². The van der Waals surface area contributed by atoms with Crippen molar-refractivity contribution in [3.63, 3.8) is 0 Å². The summed E-state index contributed by atoms with van der Waals surface area (Å²) in [6.07, 6.45) is 5.00. The molecule has 1 N–H and O–H groups in total. The number of hydrogen-bond acceptors (Lipinski definition) is 6. The largest absolute Gasteiger partial charge is 0.493 e. The Balaban J connectivity index is 1.70. The van der Waals surface area contributed by atoms with Crippen LogP contribution < -0.4 is 4.74 Å². The minimum Gasteiger partial charge on any atom is -0.493 e. The quantitative estimate of drug-likeness (QED) is 0.260. The summed E-state index contributed by atoms with van der Waals surface area (Å²) in [6.45, 7) is 10.2. The summed E-state index contributed by atoms with van der Waals surface area (Å²) < 4.78 is 12.2. The van der Waals surface area contributed by atoms with Crippen LogP contribution in [0.2, 0.25) is 0 Å². The predicted octanol–water partition coefficient (Wildman–Crippen LogP) is 7.00. The number of carbonyl (C=O) groups is 1. The van der Waals surface area contributed by atoms with Crippen molar-refractivity contribution in [2.24, 2.45) is 0 Å². The maximum atomic E-state index is 12.8. The Morgan fingerprint density at radius 1 is 1.02 bits per heavy atom. The number of aromatic nitrogens is 3. The van der Waals surface area contributed by atoms with E-state index < -0.39 is 17.7 Å². The molecule has 3 aromatic heterocycles. The normalized spacial score (nSPS) is 13.8. The van der Waals surface area contributed by atoms with Crippen molar-refractivity contribution in [1.82, 2.24) is 15.0 Å². The second kappa shape index (κ2) is 9.68. The molecule has 2 aromatic carbocycles. The van der Waals surface area contributed by atoms with Crippen molar-refractivity contribution in [1.29, 1.82) is 0 Å². The lowest BCUT2D eigenvalue weighted by Crippen LogP contribution is -2.28. The van der Waals surface area contributed by atoms with E-state index in [-0.39, 0.29) is 0 Å². The van der Waals surface area contributed by atoms with E-state index in [9.17, 15) is 9.90 Å². The van der Waals surface area contributed by atoms with Crippen molar-refractivity contribution in [2.75, 3.05) is 6.61 Å². The van der Waals surface area contributed by atoms with Crippen molar-refractivity contribution in [3.8, 4) is 28.1 Å². The first-order valence-corrected chi connectivity index (χ1v) is 13.4. The van der Waals surface area contributed by atoms with E-state index in [1.165, 1.54) is 5.56 Å². The lowest BCUT2D eigenvalue weighted by atomic mass is 9.86. The van der Waals surface area contributed by atoms with Crippen molar-refractivity contribution >= 4 is 27.8 Å². The van der Waals surface area contributed by atoms with Crippen LogP contribution in [0.4, 0.5) is 0 Å². The number of nitrogens with zero attached hydrogens (tertiary/aromatic N) is 3. The maximum Gasteiger partial charge on any atom is 0.337 e. The highest BCUT2D eigenvalue weighted by Gasteiger charge is 2.33. The average Bonchev–Trinajstić information content (AvgIpc) is 2.91. The van der Waals surface area contributed by atoms with Crippen LogP contribution in [0, 0.1) is 13.8 Å². The Bertz CT molecular complexity index is 1800. The molecule has 0 amide bonds. The Kier molecular flexibility index (Phi) is 6.27. The van der Waals surface area contributed by atoms with Gasteiger partial charge in [-0.15, -0.1) is 0 Å². The van der Waals surface area contributed by atoms with Crippen LogP contribution in [-0.2, 0) is 16.0 Å². The standard InChI is InChI=1S/C33H31N3O4/c1-18-10-13-34-17-23(18)24-8-6-21-25(36-24)16-19(2)27(31(32(37)38)40-33(3,4)5)29(21)22-7-9-26-28-20(12-15-39-26)11-14-35-30(22)28/h6-11,13-14,16-17,31H,12,15H2,1-5H3,(H,37,38)/t31-/m0/s1. The van der Waals surface area contributed by atoms with E-state index in [0.29, 0.717) is 12.2 Å². The Labute approximate surface area is 232 Å². The lowest BCUT2D eigenvalue weighted by molar-refractivity contribution is -0.160. The second-order valence-corrected chi connectivity index (χ2v) is 11.3. The van der Waals surface area contributed by atoms with Gasteiger partial charge in [0.15, 0.2) is 6.10 Å². The monoisotopic (exact) mass is 533 g/mol. The summed E-state index contributed by atoms with van der Waals surface area (Å²) in [7, 11) is 0. The number of benzene rings is 2. The molecule has 1 atom stereocenters. The third kappa shape index (κ3) is 4.46. The smallest absolute Gasteiger partial charge is 0.337 e. The van der Waals surface area contributed by atoms with Gasteiger partial charge in [-0.25, -0.2) is 9.78 Å². The highest BCUT2D eigenvalue weighted by molar-refractivity contribution is 6.08. The Morgan fingerprint density at radius 2 is 1.85 bits per heavy atom. The number of aryl methyl sites for hydroxylation is 2. The molecule has 1 aliphatic rings. The summed E-state index contributed by atoms with van der Waals surface area (Å²) in [6, 6.07) is 13.9. The molecule has 202 valence electrons. The fourth-order valence-electron chi connectivity index (χ4n) is 5.62. The van der Waals surface area contributed by atoms with Crippen molar-refractivity contribution in [3.05, 3.63) is 83.3 Å². The van der Waals surface area contributed by atoms with E-state index in [0.717, 1.165) is 67.5 Å². The zero-order chi connectivity index (χ0) is 28.2. The molecule has 0 aliphatic carbocycles. The molecular formula is C33H31N3O4. The van der Waals surface area contributed by atoms with Gasteiger partial charge in [0.05, 0.1) is 28.9 Å². The summed E-state index contributed by atoms with van der Waals surface area (Å²) in [5.41, 5.74) is 7.81. The van der Waals surface area contributed by atoms with Crippen LogP contribution in [-0.4, -0.2) is 38.2 Å². The van der Waals surface area contributed by atoms with Gasteiger partial charge in [0, 0.05) is 52.5 Å². The fraction of sp³-hybridized carbons (Fsp3) is 0.273. The number of carboxylic acids is 1. The first-order valence-electron chi connectivity index (χ1n) is 13.4. The van der Waals surface area contributed by atoms with E-state index in [4.69, 9.17) is 19.4 Å². The topological polar surface area (TPSA) is 94.4 Å². The highest BCUT2D eigenvalue weighted by atomic mass is 16.5. The Hall–Kier alpha value is -4.36. The average molecular weight is 534 g/mol. The second-order valence-electron chi connectivity index (χ2n) is 11.3. The van der Waals surface area contributed by atoms with Crippen LogP contribution >= 0.6 is 0 Å². The van der Waals surface area contributed by atoms with Gasteiger partial charge in [0.25, 0.3) is 0 Å². The van der Waals surface area contributed by atoms with Crippen molar-refractivity contribution in [2.45, 2.75) is 52.7 Å². The van der Waals surface area contributed by atoms with Crippen molar-refractivity contribution < 1.29 is 19.4 Å². The third-order valence-electron chi connectivity index (χ3n) is 7.35. The third-order valence-corrected chi connectivity index (χ3v) is 7.35. The molecule has 40 heavy (non-hydrogen) atoms. The molecule has 0 spiro atoms. The molecule has 5 aromatic rings. The Morgan fingerprint density at radius 3 is 2.60 bits per heavy atom. The number of carboxylic acid groups (broad SMARTS) is 1. The minimum atomic E-state index is -1.19. The summed E-state index contributed by atoms with van der Waals surface area (Å²) in [5.74, 6) is -0.256. The summed E-state index contributed by atoms with van der Waals surface area (Å²) in [5, 5.41) is 12.2. The first kappa shape index (κ1) is 25.9. The number of ether oxygens (including phenoxy) is 2. The zero-order valence-electron chi connectivity index (χ0n) is 23.3. The predicted molar refractivity (Wildman–Crippen MR) is 156 cm³/mol. The number of fused-ring (bicyclic) bond motifs is 1.